The number of amides is 3. The molecule has 23 heavy (non-hydrogen) atoms. The van der Waals surface area contributed by atoms with E-state index in [0.717, 1.165) is 16.8 Å². The number of aryl methyl sites for hydroxylation is 1. The van der Waals surface area contributed by atoms with Gasteiger partial charge in [-0.1, -0.05) is 29.8 Å². The zero-order chi connectivity index (χ0) is 16.2. The number of nitrogens with one attached hydrogen (secondary N) is 2. The van der Waals surface area contributed by atoms with Gasteiger partial charge in [0.25, 0.3) is 5.91 Å². The van der Waals surface area contributed by atoms with Crippen LogP contribution in [0.25, 0.3) is 0 Å². The van der Waals surface area contributed by atoms with Crippen LogP contribution in [-0.2, 0) is 6.54 Å². The highest BCUT2D eigenvalue weighted by molar-refractivity contribution is 5.95. The monoisotopic (exact) mass is 309 g/mol. The zero-order valence-corrected chi connectivity index (χ0v) is 13.0. The molecule has 118 valence electrons. The zero-order valence-electron chi connectivity index (χ0n) is 13.0. The van der Waals surface area contributed by atoms with Gasteiger partial charge in [-0.15, -0.1) is 0 Å². The van der Waals surface area contributed by atoms with Crippen molar-refractivity contribution in [3.63, 3.8) is 0 Å². The van der Waals surface area contributed by atoms with Crippen molar-refractivity contribution in [2.24, 2.45) is 0 Å². The molecule has 5 heteroatoms. The van der Waals surface area contributed by atoms with Gasteiger partial charge in [0.15, 0.2) is 0 Å². The lowest BCUT2D eigenvalue weighted by atomic mass is 10.1. The molecular formula is C18H19N3O2. The molecule has 0 radical (unpaired) electrons. The molecule has 1 saturated heterocycles. The first kappa shape index (κ1) is 15.1. The highest BCUT2D eigenvalue weighted by atomic mass is 16.2. The molecule has 1 heterocycles. The quantitative estimate of drug-likeness (QED) is 0.911. The van der Waals surface area contributed by atoms with Crippen LogP contribution in [-0.4, -0.2) is 25.0 Å². The summed E-state index contributed by atoms with van der Waals surface area (Å²) in [7, 11) is 0. The molecule has 5 nitrogen and oxygen atoms in total. The van der Waals surface area contributed by atoms with Gasteiger partial charge < -0.3 is 10.6 Å². The standard InChI is InChI=1S/C18H19N3O2/c1-13-5-7-15(8-6-13)17(22)20-12-14-3-2-4-16(11-14)21-10-9-19-18(21)23/h2-8,11H,9-10,12H2,1H3,(H,19,23)(H,20,22). The smallest absolute Gasteiger partial charge is 0.321 e. The third-order valence-corrected chi connectivity index (χ3v) is 3.85. The van der Waals surface area contributed by atoms with Crippen LogP contribution >= 0.6 is 0 Å². The van der Waals surface area contributed by atoms with Gasteiger partial charge in [-0.05, 0) is 36.8 Å². The van der Waals surface area contributed by atoms with Gasteiger partial charge in [0.05, 0.1) is 0 Å². The van der Waals surface area contributed by atoms with Crippen LogP contribution in [0.5, 0.6) is 0 Å². The van der Waals surface area contributed by atoms with Crippen LogP contribution in [0.1, 0.15) is 21.5 Å². The lowest BCUT2D eigenvalue weighted by Gasteiger charge is -2.15. The van der Waals surface area contributed by atoms with E-state index in [4.69, 9.17) is 0 Å². The van der Waals surface area contributed by atoms with Crippen molar-refractivity contribution in [3.8, 4) is 0 Å². The molecule has 0 aromatic heterocycles. The van der Waals surface area contributed by atoms with E-state index in [2.05, 4.69) is 10.6 Å². The summed E-state index contributed by atoms with van der Waals surface area (Å²) >= 11 is 0. The van der Waals surface area contributed by atoms with Crippen LogP contribution in [0.3, 0.4) is 0 Å². The van der Waals surface area contributed by atoms with Gasteiger partial charge >= 0.3 is 6.03 Å². The van der Waals surface area contributed by atoms with E-state index >= 15 is 0 Å². The van der Waals surface area contributed by atoms with E-state index in [9.17, 15) is 9.59 Å². The topological polar surface area (TPSA) is 61.4 Å². The van der Waals surface area contributed by atoms with Gasteiger partial charge in [0.1, 0.15) is 0 Å². The van der Waals surface area contributed by atoms with Crippen LogP contribution in [0.4, 0.5) is 10.5 Å². The van der Waals surface area contributed by atoms with Crippen molar-refractivity contribution in [1.29, 1.82) is 0 Å². The van der Waals surface area contributed by atoms with Gasteiger partial charge in [-0.2, -0.15) is 0 Å². The number of rotatable bonds is 4. The van der Waals surface area contributed by atoms with Crippen molar-refractivity contribution in [2.75, 3.05) is 18.0 Å². The fourth-order valence-corrected chi connectivity index (χ4v) is 2.54. The van der Waals surface area contributed by atoms with Crippen molar-refractivity contribution >= 4 is 17.6 Å². The first-order chi connectivity index (χ1) is 11.1. The second-order valence-electron chi connectivity index (χ2n) is 5.60. The van der Waals surface area contributed by atoms with Crippen LogP contribution in [0.2, 0.25) is 0 Å². The number of anilines is 1. The Morgan fingerprint density at radius 2 is 2.00 bits per heavy atom. The van der Waals surface area contributed by atoms with Gasteiger partial charge in [0.2, 0.25) is 0 Å². The maximum absolute atomic E-state index is 12.1. The summed E-state index contributed by atoms with van der Waals surface area (Å²) in [4.78, 5) is 25.5. The highest BCUT2D eigenvalue weighted by Gasteiger charge is 2.21. The summed E-state index contributed by atoms with van der Waals surface area (Å²) in [5.74, 6) is -0.102. The summed E-state index contributed by atoms with van der Waals surface area (Å²) in [5, 5.41) is 5.69. The Bertz CT molecular complexity index is 725. The van der Waals surface area contributed by atoms with Crippen LogP contribution in [0.15, 0.2) is 48.5 Å². The molecule has 3 amide bonds. The molecule has 3 rings (SSSR count). The maximum Gasteiger partial charge on any atom is 0.321 e. The largest absolute Gasteiger partial charge is 0.348 e. The minimum atomic E-state index is -0.102. The lowest BCUT2D eigenvalue weighted by molar-refractivity contribution is 0.0951. The lowest BCUT2D eigenvalue weighted by Crippen LogP contribution is -2.28. The fourth-order valence-electron chi connectivity index (χ4n) is 2.54. The average Bonchev–Trinajstić information content (AvgIpc) is 3.00. The number of hydrogen-bond donors (Lipinski definition) is 2. The molecule has 0 spiro atoms. The van der Waals surface area contributed by atoms with Crippen molar-refractivity contribution in [1.82, 2.24) is 10.6 Å². The predicted octanol–water partition coefficient (Wildman–Crippen LogP) is 2.45. The molecule has 2 aromatic rings. The van der Waals surface area contributed by atoms with Gasteiger partial charge in [-0.25, -0.2) is 4.79 Å². The van der Waals surface area contributed by atoms with E-state index < -0.39 is 0 Å². The number of benzene rings is 2. The predicted molar refractivity (Wildman–Crippen MR) is 89.5 cm³/mol. The number of hydrogen-bond acceptors (Lipinski definition) is 2. The molecule has 0 unspecified atom stereocenters. The summed E-state index contributed by atoms with van der Waals surface area (Å²) in [6.07, 6.45) is 0. The van der Waals surface area contributed by atoms with Crippen LogP contribution in [0, 0.1) is 6.92 Å². The number of nitrogens with zero attached hydrogens (tertiary/aromatic N) is 1. The van der Waals surface area contributed by atoms with E-state index in [1.807, 2.05) is 55.5 Å². The molecule has 2 aromatic carbocycles. The number of carbonyl (C=O) groups is 2. The van der Waals surface area contributed by atoms with Gasteiger partial charge in [0, 0.05) is 30.9 Å². The molecule has 0 bridgehead atoms. The van der Waals surface area contributed by atoms with E-state index in [0.29, 0.717) is 25.2 Å². The summed E-state index contributed by atoms with van der Waals surface area (Å²) in [6, 6.07) is 15.1. The molecular weight excluding hydrogens is 290 g/mol. The van der Waals surface area contributed by atoms with E-state index in [-0.39, 0.29) is 11.9 Å². The fraction of sp³-hybridized carbons (Fsp3) is 0.222. The molecule has 1 aliphatic heterocycles. The molecule has 2 N–H and O–H groups in total. The number of urea groups is 1. The Morgan fingerprint density at radius 3 is 2.70 bits per heavy atom. The Kier molecular flexibility index (Phi) is 4.28. The van der Waals surface area contributed by atoms with Gasteiger partial charge in [-0.3, -0.25) is 9.69 Å². The first-order valence-electron chi connectivity index (χ1n) is 7.63. The average molecular weight is 309 g/mol. The summed E-state index contributed by atoms with van der Waals surface area (Å²) in [6.45, 7) is 3.74. The summed E-state index contributed by atoms with van der Waals surface area (Å²) < 4.78 is 0. The van der Waals surface area contributed by atoms with E-state index in [1.54, 1.807) is 4.90 Å². The normalized spacial score (nSPS) is 13.8. The molecule has 0 aliphatic carbocycles. The third-order valence-electron chi connectivity index (χ3n) is 3.85. The SMILES string of the molecule is Cc1ccc(C(=O)NCc2cccc(N3CCNC3=O)c2)cc1. The Morgan fingerprint density at radius 1 is 1.22 bits per heavy atom. The second-order valence-corrected chi connectivity index (χ2v) is 5.60. The Hall–Kier alpha value is -2.82. The molecule has 1 fully saturated rings. The van der Waals surface area contributed by atoms with E-state index in [1.165, 1.54) is 0 Å². The minimum Gasteiger partial charge on any atom is -0.348 e. The molecule has 1 aliphatic rings. The van der Waals surface area contributed by atoms with Crippen LogP contribution < -0.4 is 15.5 Å². The molecule has 0 saturated carbocycles. The Labute approximate surface area is 135 Å². The minimum absolute atomic E-state index is 0.0779. The number of carbonyl (C=O) groups excluding carboxylic acids is 2. The van der Waals surface area contributed by atoms with Crippen molar-refractivity contribution in [3.05, 3.63) is 65.2 Å². The summed E-state index contributed by atoms with van der Waals surface area (Å²) in [5.41, 5.74) is 3.58. The highest BCUT2D eigenvalue weighted by Crippen LogP contribution is 2.18. The van der Waals surface area contributed by atoms with Crippen molar-refractivity contribution in [2.45, 2.75) is 13.5 Å². The molecule has 0 atom stereocenters. The van der Waals surface area contributed by atoms with Crippen molar-refractivity contribution < 1.29 is 9.59 Å². The maximum atomic E-state index is 12.1. The third kappa shape index (κ3) is 3.51. The second kappa shape index (κ2) is 6.52. The first-order valence-corrected chi connectivity index (χ1v) is 7.63. The Balaban J connectivity index is 1.65.